The van der Waals surface area contributed by atoms with Gasteiger partial charge in [0, 0.05) is 29.9 Å². The molecule has 2 atom stereocenters. The van der Waals surface area contributed by atoms with Gasteiger partial charge in [0.2, 0.25) is 5.91 Å². The number of Topliss-reactive ketones (excluding diaryl/α,β-unsaturated/α-hetero) is 1. The molecule has 0 aromatic heterocycles. The summed E-state index contributed by atoms with van der Waals surface area (Å²) in [5.74, 6) is -3.03. The van der Waals surface area contributed by atoms with Gasteiger partial charge in [-0.15, -0.1) is 0 Å². The minimum atomic E-state index is -1.18. The van der Waals surface area contributed by atoms with Gasteiger partial charge in [-0.3, -0.25) is 9.59 Å². The van der Waals surface area contributed by atoms with Crippen LogP contribution in [0.4, 0.5) is 0 Å². The van der Waals surface area contributed by atoms with Crippen LogP contribution in [0.25, 0.3) is 0 Å². The number of hydrogen-bond donors (Lipinski definition) is 3. The summed E-state index contributed by atoms with van der Waals surface area (Å²) in [4.78, 5) is 45.7. The van der Waals surface area contributed by atoms with Crippen molar-refractivity contribution < 1.29 is 34.1 Å². The molecule has 0 aliphatic heterocycles. The van der Waals surface area contributed by atoms with Crippen LogP contribution >= 0.6 is 35.0 Å². The van der Waals surface area contributed by atoms with Crippen molar-refractivity contribution >= 4 is 58.6 Å². The molecule has 160 valence electrons. The molecule has 0 aliphatic carbocycles. The van der Waals surface area contributed by atoms with Gasteiger partial charge < -0.3 is 20.3 Å². The average Bonchev–Trinajstić information content (AvgIpc) is 2.64. The number of benzene rings is 1. The number of amides is 1. The lowest BCUT2D eigenvalue weighted by molar-refractivity contribution is -0.141. The molecule has 3 N–H and O–H groups in total. The molecule has 0 saturated heterocycles. The number of hydrogen-bond acceptors (Lipinski definition) is 6. The molecule has 0 saturated carbocycles. The summed E-state index contributed by atoms with van der Waals surface area (Å²) in [6, 6.07) is 1.74. The topological polar surface area (TPSA) is 130 Å². The van der Waals surface area contributed by atoms with Gasteiger partial charge in [-0.1, -0.05) is 30.1 Å². The zero-order valence-corrected chi connectivity index (χ0v) is 18.1. The van der Waals surface area contributed by atoms with Crippen molar-refractivity contribution in [1.82, 2.24) is 5.32 Å². The minimum Gasteiger partial charge on any atom is -0.480 e. The third-order valence-electron chi connectivity index (χ3n) is 3.81. The second kappa shape index (κ2) is 11.9. The number of ether oxygens (including phenoxy) is 1. The van der Waals surface area contributed by atoms with Crippen LogP contribution < -0.4 is 10.1 Å². The summed E-state index contributed by atoms with van der Waals surface area (Å²) in [5.41, 5.74) is 0.170. The van der Waals surface area contributed by atoms with E-state index >= 15 is 0 Å². The molecule has 0 bridgehead atoms. The van der Waals surface area contributed by atoms with Gasteiger partial charge in [0.25, 0.3) is 0 Å². The number of carboxylic acids is 2. The van der Waals surface area contributed by atoms with Crippen molar-refractivity contribution in [3.8, 4) is 5.75 Å². The standard InChI is InChI=1S/C18H21Cl2NO7S/c1-3-10(7-29-8-12(18(26)27)21-9(2)22)17(25)11-4-5-13(16(20)15(11)19)28-6-14(23)24/h4-5,10,12H,3,6-8H2,1-2H3,(H,21,22)(H,23,24)(H,26,27)/t10-,12-/m1/s1. The number of nitrogens with one attached hydrogen (secondary N) is 1. The first kappa shape index (κ1) is 25.1. The average molecular weight is 466 g/mol. The number of carboxylic acid groups (broad SMARTS) is 2. The maximum Gasteiger partial charge on any atom is 0.341 e. The third-order valence-corrected chi connectivity index (χ3v) is 5.88. The van der Waals surface area contributed by atoms with Crippen LogP contribution in [0, 0.1) is 5.92 Å². The van der Waals surface area contributed by atoms with E-state index in [0.717, 1.165) is 0 Å². The van der Waals surface area contributed by atoms with Crippen molar-refractivity contribution in [1.29, 1.82) is 0 Å². The van der Waals surface area contributed by atoms with Crippen molar-refractivity contribution in [3.63, 3.8) is 0 Å². The van der Waals surface area contributed by atoms with Crippen molar-refractivity contribution in [2.45, 2.75) is 26.3 Å². The first-order valence-electron chi connectivity index (χ1n) is 8.52. The lowest BCUT2D eigenvalue weighted by Gasteiger charge is -2.18. The van der Waals surface area contributed by atoms with Gasteiger partial charge in [-0.05, 0) is 18.6 Å². The first-order chi connectivity index (χ1) is 13.6. The number of rotatable bonds is 12. The van der Waals surface area contributed by atoms with Crippen LogP contribution in [0.2, 0.25) is 10.0 Å². The van der Waals surface area contributed by atoms with Crippen molar-refractivity contribution in [2.75, 3.05) is 18.1 Å². The highest BCUT2D eigenvalue weighted by Crippen LogP contribution is 2.36. The van der Waals surface area contributed by atoms with Gasteiger partial charge in [0.15, 0.2) is 12.4 Å². The van der Waals surface area contributed by atoms with E-state index in [4.69, 9.17) is 38.2 Å². The Balaban J connectivity index is 2.84. The maximum absolute atomic E-state index is 12.8. The molecule has 0 fully saturated rings. The molecule has 0 spiro atoms. The summed E-state index contributed by atoms with van der Waals surface area (Å²) in [6.45, 7) is 2.44. The predicted molar refractivity (Wildman–Crippen MR) is 110 cm³/mol. The Labute approximate surface area is 181 Å². The molecule has 8 nitrogen and oxygen atoms in total. The number of aliphatic carboxylic acids is 2. The first-order valence-corrected chi connectivity index (χ1v) is 10.4. The predicted octanol–water partition coefficient (Wildman–Crippen LogP) is 2.99. The van der Waals surface area contributed by atoms with Crippen molar-refractivity contribution in [3.05, 3.63) is 27.7 Å². The Bertz CT molecular complexity index is 788. The molecule has 0 radical (unpaired) electrons. The van der Waals surface area contributed by atoms with Crippen LogP contribution in [0.3, 0.4) is 0 Å². The highest BCUT2D eigenvalue weighted by atomic mass is 35.5. The van der Waals surface area contributed by atoms with Gasteiger partial charge in [0.1, 0.15) is 16.8 Å². The van der Waals surface area contributed by atoms with Gasteiger partial charge in [-0.25, -0.2) is 9.59 Å². The molecule has 0 unspecified atom stereocenters. The monoisotopic (exact) mass is 465 g/mol. The van der Waals surface area contributed by atoms with Crippen LogP contribution in [0.1, 0.15) is 30.6 Å². The quantitative estimate of drug-likeness (QED) is 0.401. The van der Waals surface area contributed by atoms with Crippen LogP contribution in [0.15, 0.2) is 12.1 Å². The zero-order valence-electron chi connectivity index (χ0n) is 15.7. The van der Waals surface area contributed by atoms with Crippen LogP contribution in [-0.4, -0.2) is 58.0 Å². The number of halogens is 2. The Morgan fingerprint density at radius 2 is 1.79 bits per heavy atom. The molecule has 0 aliphatic rings. The fourth-order valence-corrected chi connectivity index (χ4v) is 4.06. The lowest BCUT2D eigenvalue weighted by atomic mass is 9.97. The summed E-state index contributed by atoms with van der Waals surface area (Å²) >= 11 is 13.5. The second-order valence-electron chi connectivity index (χ2n) is 6.02. The summed E-state index contributed by atoms with van der Waals surface area (Å²) in [7, 11) is 0. The van der Waals surface area contributed by atoms with E-state index in [1.165, 1.54) is 30.8 Å². The fourth-order valence-electron chi connectivity index (χ4n) is 2.32. The van der Waals surface area contributed by atoms with E-state index in [-0.39, 0.29) is 32.9 Å². The Kier molecular flexibility index (Phi) is 10.3. The normalized spacial score (nSPS) is 12.7. The van der Waals surface area contributed by atoms with Gasteiger partial charge in [-0.2, -0.15) is 11.8 Å². The van der Waals surface area contributed by atoms with E-state index in [1.54, 1.807) is 0 Å². The van der Waals surface area contributed by atoms with Gasteiger partial charge >= 0.3 is 11.9 Å². The molecule has 1 amide bonds. The molecule has 1 aromatic carbocycles. The lowest BCUT2D eigenvalue weighted by Crippen LogP contribution is -2.41. The molecule has 1 aromatic rings. The minimum absolute atomic E-state index is 0.0373. The number of carbonyl (C=O) groups excluding carboxylic acids is 2. The fraction of sp³-hybridized carbons (Fsp3) is 0.444. The van der Waals surface area contributed by atoms with E-state index in [0.29, 0.717) is 12.2 Å². The highest BCUT2D eigenvalue weighted by molar-refractivity contribution is 7.99. The van der Waals surface area contributed by atoms with E-state index < -0.39 is 36.4 Å². The highest BCUT2D eigenvalue weighted by Gasteiger charge is 2.25. The number of carbonyl (C=O) groups is 4. The smallest absolute Gasteiger partial charge is 0.341 e. The SMILES string of the molecule is CC[C@H](CSC[C@@H](NC(C)=O)C(=O)O)C(=O)c1ccc(OCC(=O)O)c(Cl)c1Cl. The van der Waals surface area contributed by atoms with E-state index in [1.807, 2.05) is 6.92 Å². The Morgan fingerprint density at radius 3 is 2.31 bits per heavy atom. The van der Waals surface area contributed by atoms with Crippen LogP contribution in [-0.2, 0) is 14.4 Å². The van der Waals surface area contributed by atoms with Crippen LogP contribution in [0.5, 0.6) is 5.75 Å². The molecular formula is C18H21Cl2NO7S. The number of ketones is 1. The van der Waals surface area contributed by atoms with E-state index in [9.17, 15) is 19.2 Å². The molecule has 0 heterocycles. The molecule has 1 rings (SSSR count). The second-order valence-corrected chi connectivity index (χ2v) is 7.85. The molecule has 29 heavy (non-hydrogen) atoms. The summed E-state index contributed by atoms with van der Waals surface area (Å²) < 4.78 is 5.02. The number of thioether (sulfide) groups is 1. The zero-order chi connectivity index (χ0) is 22.1. The van der Waals surface area contributed by atoms with Gasteiger partial charge in [0.05, 0.1) is 5.02 Å². The van der Waals surface area contributed by atoms with E-state index in [2.05, 4.69) is 5.32 Å². The maximum atomic E-state index is 12.8. The largest absolute Gasteiger partial charge is 0.480 e. The Morgan fingerprint density at radius 1 is 1.14 bits per heavy atom. The van der Waals surface area contributed by atoms with Crippen molar-refractivity contribution in [2.24, 2.45) is 5.92 Å². The molecular weight excluding hydrogens is 445 g/mol. The Hall–Kier alpha value is -1.97. The molecule has 11 heteroatoms. The summed E-state index contributed by atoms with van der Waals surface area (Å²) in [6.07, 6.45) is 0.481. The summed E-state index contributed by atoms with van der Waals surface area (Å²) in [5, 5.41) is 20.0. The third kappa shape index (κ3) is 7.75.